The summed E-state index contributed by atoms with van der Waals surface area (Å²) in [5, 5.41) is 4.81. The van der Waals surface area contributed by atoms with E-state index in [1.807, 2.05) is 60.7 Å². The van der Waals surface area contributed by atoms with Crippen molar-refractivity contribution in [1.29, 1.82) is 0 Å². The van der Waals surface area contributed by atoms with E-state index >= 15 is 4.39 Å². The average molecular weight is 965 g/mol. The Morgan fingerprint density at radius 2 is 0.907 bits per heavy atom. The number of fused-ring (bicyclic) bond motifs is 7. The highest BCUT2D eigenvalue weighted by molar-refractivity contribution is 6.09. The molecule has 6 heteroatoms. The summed E-state index contributed by atoms with van der Waals surface area (Å²) in [5.74, 6) is 1.63. The van der Waals surface area contributed by atoms with Gasteiger partial charge in [0.15, 0.2) is 23.1 Å². The summed E-state index contributed by atoms with van der Waals surface area (Å²) in [4.78, 5) is 15.2. The van der Waals surface area contributed by atoms with Gasteiger partial charge in [-0.25, -0.2) is 19.3 Å². The van der Waals surface area contributed by atoms with Crippen molar-refractivity contribution in [2.24, 2.45) is 0 Å². The van der Waals surface area contributed by atoms with Gasteiger partial charge in [-0.2, -0.15) is 0 Å². The van der Waals surface area contributed by atoms with Crippen LogP contribution in [-0.2, 0) is 5.60 Å². The highest BCUT2D eigenvalue weighted by Crippen LogP contribution is 2.49. The van der Waals surface area contributed by atoms with Crippen molar-refractivity contribution < 1.29 is 9.13 Å². The van der Waals surface area contributed by atoms with Gasteiger partial charge in [0.25, 0.3) is 0 Å². The van der Waals surface area contributed by atoms with Crippen LogP contribution < -0.4 is 4.74 Å². The molecule has 0 saturated carbocycles. The molecule has 0 bridgehead atoms. The topological polar surface area (TPSA) is 52.8 Å². The van der Waals surface area contributed by atoms with Gasteiger partial charge in [-0.1, -0.05) is 218 Å². The van der Waals surface area contributed by atoms with Crippen LogP contribution in [0.3, 0.4) is 0 Å². The third kappa shape index (κ3) is 7.57. The quantitative estimate of drug-likeness (QED) is 0.152. The van der Waals surface area contributed by atoms with Crippen LogP contribution in [0.15, 0.2) is 255 Å². The van der Waals surface area contributed by atoms with Crippen molar-refractivity contribution in [2.45, 2.75) is 12.5 Å². The molecule has 0 amide bonds. The molecule has 3 heterocycles. The number of ether oxygens (including phenoxy) is 1. The van der Waals surface area contributed by atoms with Crippen LogP contribution in [0.5, 0.6) is 5.75 Å². The lowest BCUT2D eigenvalue weighted by molar-refractivity contribution is 0.129. The van der Waals surface area contributed by atoms with E-state index in [1.165, 1.54) is 27.6 Å². The molecule has 0 spiro atoms. The van der Waals surface area contributed by atoms with Crippen LogP contribution in [-0.4, -0.2) is 19.5 Å². The Kier molecular flexibility index (Phi) is 10.4. The minimum absolute atomic E-state index is 0.366. The van der Waals surface area contributed by atoms with Crippen molar-refractivity contribution in [3.63, 3.8) is 0 Å². The number of nitrogens with zero attached hydrogens (tertiary/aromatic N) is 4. The first kappa shape index (κ1) is 44.0. The van der Waals surface area contributed by atoms with E-state index in [1.54, 1.807) is 0 Å². The van der Waals surface area contributed by atoms with E-state index in [4.69, 9.17) is 19.7 Å². The first-order valence-electron chi connectivity index (χ1n) is 25.3. The molecule has 0 radical (unpaired) electrons. The lowest BCUT2D eigenvalue weighted by Gasteiger charge is -2.38. The fourth-order valence-electron chi connectivity index (χ4n) is 11.1. The Bertz CT molecular complexity index is 4300. The summed E-state index contributed by atoms with van der Waals surface area (Å²) in [6.07, 6.45) is 0. The van der Waals surface area contributed by atoms with Gasteiger partial charge in [-0.15, -0.1) is 0 Å². The Morgan fingerprint density at radius 1 is 0.373 bits per heavy atom. The minimum Gasteiger partial charge on any atom is -0.477 e. The highest BCUT2D eigenvalue weighted by atomic mass is 19.1. The second-order valence-corrected chi connectivity index (χ2v) is 19.4. The maximum atomic E-state index is 16.8. The fraction of sp³-hybridized carbons (Fsp3) is 0.0290. The number of benzene rings is 11. The number of aromatic nitrogens is 4. The number of hydrogen-bond donors (Lipinski definition) is 0. The molecule has 13 aromatic rings. The van der Waals surface area contributed by atoms with Crippen molar-refractivity contribution in [3.8, 4) is 90.1 Å². The molecule has 1 atom stereocenters. The van der Waals surface area contributed by atoms with E-state index in [0.717, 1.165) is 72.4 Å². The Morgan fingerprint density at radius 3 is 1.63 bits per heavy atom. The van der Waals surface area contributed by atoms with E-state index in [0.29, 0.717) is 39.9 Å². The smallest absolute Gasteiger partial charge is 0.164 e. The molecule has 75 heavy (non-hydrogen) atoms. The van der Waals surface area contributed by atoms with Crippen LogP contribution in [0.25, 0.3) is 117 Å². The normalized spacial score (nSPS) is 13.9. The number of para-hydroxylation sites is 2. The zero-order valence-electron chi connectivity index (χ0n) is 40.8. The summed E-state index contributed by atoms with van der Waals surface area (Å²) in [7, 11) is 0. The van der Waals surface area contributed by atoms with Crippen LogP contribution in [0.1, 0.15) is 18.1 Å². The molecule has 14 rings (SSSR count). The lowest BCUT2D eigenvalue weighted by Crippen LogP contribution is -2.34. The maximum Gasteiger partial charge on any atom is 0.164 e. The van der Waals surface area contributed by atoms with Crippen molar-refractivity contribution in [1.82, 2.24) is 19.5 Å². The van der Waals surface area contributed by atoms with Crippen LogP contribution in [0, 0.1) is 5.82 Å². The molecule has 1 unspecified atom stereocenters. The van der Waals surface area contributed by atoms with Gasteiger partial charge in [-0.05, 0) is 93.0 Å². The van der Waals surface area contributed by atoms with Gasteiger partial charge >= 0.3 is 0 Å². The standard InChI is InChI=1S/C69H45FN4O/c1-69(52-18-3-2-4-19-52)61-26-10-7-22-57(61)60-40-37-50(43-65(60)75-69)56-39-38-51(42-62(56)70)68-72-66(71-67(73-68)48-35-31-46(32-36-48)55-25-14-16-45-15-5-6-21-54(45)55)47-33-29-44(30-34-47)49-17-13-20-53(41-49)74-63-27-11-8-23-58(63)59-24-9-12-28-64(59)74/h2-43H,1H3. The van der Waals surface area contributed by atoms with Gasteiger partial charge in [0.1, 0.15) is 11.6 Å². The minimum atomic E-state index is -0.740. The monoisotopic (exact) mass is 964 g/mol. The molecule has 1 aliphatic rings. The summed E-state index contributed by atoms with van der Waals surface area (Å²) < 4.78 is 26.1. The lowest BCUT2D eigenvalue weighted by atomic mass is 9.80. The predicted octanol–water partition coefficient (Wildman–Crippen LogP) is 17.6. The summed E-state index contributed by atoms with van der Waals surface area (Å²) in [6.45, 7) is 2.10. The first-order valence-corrected chi connectivity index (χ1v) is 25.3. The summed E-state index contributed by atoms with van der Waals surface area (Å²) >= 11 is 0. The first-order chi connectivity index (χ1) is 36.9. The van der Waals surface area contributed by atoms with Crippen molar-refractivity contribution >= 4 is 32.6 Å². The number of halogens is 1. The SMILES string of the molecule is CC1(c2ccccc2)Oc2cc(-c3ccc(-c4nc(-c5ccc(-c6cccc(-n7c8ccccc8c8ccccc87)c6)cc5)nc(-c5ccc(-c6cccc7ccccc67)cc5)n4)cc3F)ccc2-c2ccccc21. The molecule has 1 aliphatic heterocycles. The maximum absolute atomic E-state index is 16.8. The predicted molar refractivity (Wildman–Crippen MR) is 303 cm³/mol. The fourth-order valence-corrected chi connectivity index (χ4v) is 11.1. The van der Waals surface area contributed by atoms with Gasteiger partial charge in [0, 0.05) is 49.8 Å². The van der Waals surface area contributed by atoms with Crippen LogP contribution in [0.2, 0.25) is 0 Å². The summed E-state index contributed by atoms with van der Waals surface area (Å²) in [6, 6.07) is 87.0. The van der Waals surface area contributed by atoms with E-state index in [-0.39, 0.29) is 0 Å². The molecule has 354 valence electrons. The third-order valence-electron chi connectivity index (χ3n) is 14.9. The number of rotatable bonds is 8. The number of hydrogen-bond acceptors (Lipinski definition) is 4. The molecule has 0 N–H and O–H groups in total. The molecule has 0 fully saturated rings. The Hall–Kier alpha value is -9.78. The molecular formula is C69H45FN4O. The van der Waals surface area contributed by atoms with E-state index < -0.39 is 11.4 Å². The van der Waals surface area contributed by atoms with Gasteiger partial charge < -0.3 is 9.30 Å². The van der Waals surface area contributed by atoms with Crippen molar-refractivity contribution in [2.75, 3.05) is 0 Å². The largest absolute Gasteiger partial charge is 0.477 e. The molecule has 11 aromatic carbocycles. The highest BCUT2D eigenvalue weighted by Gasteiger charge is 2.38. The van der Waals surface area contributed by atoms with Crippen molar-refractivity contribution in [3.05, 3.63) is 272 Å². The second-order valence-electron chi connectivity index (χ2n) is 19.4. The average Bonchev–Trinajstić information content (AvgIpc) is 3.82. The van der Waals surface area contributed by atoms with Gasteiger partial charge in [-0.3, -0.25) is 0 Å². The summed E-state index contributed by atoms with van der Waals surface area (Å²) in [5.41, 5.74) is 14.5. The Labute approximate surface area is 433 Å². The zero-order chi connectivity index (χ0) is 50.0. The molecule has 0 saturated heterocycles. The molecular weight excluding hydrogens is 920 g/mol. The second kappa shape index (κ2) is 17.8. The molecule has 2 aromatic heterocycles. The molecule has 0 aliphatic carbocycles. The third-order valence-corrected chi connectivity index (χ3v) is 14.9. The Balaban J connectivity index is 0.833. The van der Waals surface area contributed by atoms with Gasteiger partial charge in [0.2, 0.25) is 0 Å². The van der Waals surface area contributed by atoms with Crippen LogP contribution >= 0.6 is 0 Å². The van der Waals surface area contributed by atoms with E-state index in [2.05, 4.69) is 200 Å². The zero-order valence-corrected chi connectivity index (χ0v) is 40.8. The van der Waals surface area contributed by atoms with E-state index in [9.17, 15) is 0 Å². The van der Waals surface area contributed by atoms with Gasteiger partial charge in [0.05, 0.1) is 11.0 Å². The van der Waals surface area contributed by atoms with Crippen LogP contribution in [0.4, 0.5) is 4.39 Å². The molecule has 5 nitrogen and oxygen atoms in total.